The van der Waals surface area contributed by atoms with E-state index in [0.717, 1.165) is 16.7 Å². The van der Waals surface area contributed by atoms with Gasteiger partial charge >= 0.3 is 0 Å². The first-order chi connectivity index (χ1) is 15.8. The second kappa shape index (κ2) is 11.3. The second-order valence-electron chi connectivity index (χ2n) is 6.55. The summed E-state index contributed by atoms with van der Waals surface area (Å²) >= 11 is 10.2. The maximum atomic E-state index is 12.8. The first-order valence-electron chi connectivity index (χ1n) is 9.66. The lowest BCUT2D eigenvalue weighted by molar-refractivity contribution is -0.127. The van der Waals surface area contributed by atoms with Gasteiger partial charge in [0.1, 0.15) is 13.2 Å². The number of carbonyl (C=O) groups excluding carboxylic acids is 3. The summed E-state index contributed by atoms with van der Waals surface area (Å²) < 4.78 is 11.7. The number of amides is 3. The van der Waals surface area contributed by atoms with Gasteiger partial charge in [0.25, 0.3) is 11.1 Å². The largest absolute Gasteiger partial charge is 0.490 e. The molecule has 1 fully saturated rings. The SMILES string of the molecule is C#CCOc1c(Br)cc(/C=C2/SC(=O)N(CC(=O)Nc3ccccc3Cl)C2=O)cc1OCC. The molecule has 0 saturated carbocycles. The number of carbonyl (C=O) groups is 3. The van der Waals surface area contributed by atoms with Crippen molar-refractivity contribution in [2.75, 3.05) is 25.1 Å². The maximum Gasteiger partial charge on any atom is 0.294 e. The minimum absolute atomic E-state index is 0.0627. The fourth-order valence-electron chi connectivity index (χ4n) is 2.87. The van der Waals surface area contributed by atoms with E-state index in [1.54, 1.807) is 42.5 Å². The Morgan fingerprint density at radius 1 is 1.30 bits per heavy atom. The molecule has 0 atom stereocenters. The summed E-state index contributed by atoms with van der Waals surface area (Å²) in [5.41, 5.74) is 0.997. The Morgan fingerprint density at radius 2 is 2.06 bits per heavy atom. The number of halogens is 2. The van der Waals surface area contributed by atoms with E-state index in [9.17, 15) is 14.4 Å². The summed E-state index contributed by atoms with van der Waals surface area (Å²) in [7, 11) is 0. The zero-order valence-electron chi connectivity index (χ0n) is 17.4. The lowest BCUT2D eigenvalue weighted by Crippen LogP contribution is -2.36. The van der Waals surface area contributed by atoms with E-state index in [0.29, 0.717) is 38.9 Å². The average Bonchev–Trinajstić information content (AvgIpc) is 3.02. The molecule has 1 heterocycles. The van der Waals surface area contributed by atoms with Crippen LogP contribution in [0.4, 0.5) is 10.5 Å². The van der Waals surface area contributed by atoms with Gasteiger partial charge in [-0.05, 0) is 70.5 Å². The molecule has 1 saturated heterocycles. The fourth-order valence-corrected chi connectivity index (χ4v) is 4.47. The number of hydrogen-bond donors (Lipinski definition) is 1. The van der Waals surface area contributed by atoms with Crippen LogP contribution in [0.3, 0.4) is 0 Å². The number of anilines is 1. The highest BCUT2D eigenvalue weighted by Crippen LogP contribution is 2.39. The van der Waals surface area contributed by atoms with Crippen molar-refractivity contribution in [3.63, 3.8) is 0 Å². The van der Waals surface area contributed by atoms with Gasteiger partial charge in [0.05, 0.1) is 26.7 Å². The first-order valence-corrected chi connectivity index (χ1v) is 11.6. The first kappa shape index (κ1) is 24.7. The number of nitrogens with zero attached hydrogens (tertiary/aromatic N) is 1. The number of benzene rings is 2. The third kappa shape index (κ3) is 6.11. The van der Waals surface area contributed by atoms with Gasteiger partial charge in [0.2, 0.25) is 5.91 Å². The zero-order valence-corrected chi connectivity index (χ0v) is 20.6. The molecule has 1 aliphatic rings. The number of hydrogen-bond acceptors (Lipinski definition) is 6. The number of para-hydroxylation sites is 1. The average molecular weight is 550 g/mol. The number of thioether (sulfide) groups is 1. The topological polar surface area (TPSA) is 84.9 Å². The molecule has 3 amide bonds. The van der Waals surface area contributed by atoms with E-state index in [1.807, 2.05) is 6.92 Å². The standard InChI is InChI=1S/C23H18BrClN2O5S/c1-3-9-32-21-15(24)10-14(11-18(21)31-4-2)12-19-22(29)27(23(30)33-19)13-20(28)26-17-8-6-5-7-16(17)25/h1,5-8,10-12H,4,9,13H2,2H3,(H,26,28)/b19-12+. The lowest BCUT2D eigenvalue weighted by atomic mass is 10.2. The van der Waals surface area contributed by atoms with Gasteiger partial charge in [-0.2, -0.15) is 0 Å². The fraction of sp³-hybridized carbons (Fsp3) is 0.174. The number of rotatable bonds is 8. The van der Waals surface area contributed by atoms with Gasteiger partial charge in [-0.15, -0.1) is 6.42 Å². The van der Waals surface area contributed by atoms with Gasteiger partial charge in [-0.3, -0.25) is 19.3 Å². The van der Waals surface area contributed by atoms with Crippen molar-refractivity contribution in [2.24, 2.45) is 0 Å². The Balaban J connectivity index is 1.78. The van der Waals surface area contributed by atoms with Crippen molar-refractivity contribution >= 4 is 68.1 Å². The molecular weight excluding hydrogens is 532 g/mol. The summed E-state index contributed by atoms with van der Waals surface area (Å²) in [6, 6.07) is 10.1. The molecule has 0 aromatic heterocycles. The molecule has 0 aliphatic carbocycles. The van der Waals surface area contributed by atoms with Crippen LogP contribution in [-0.4, -0.2) is 41.7 Å². The van der Waals surface area contributed by atoms with Crippen molar-refractivity contribution in [3.05, 3.63) is 56.4 Å². The van der Waals surface area contributed by atoms with Crippen LogP contribution in [0.2, 0.25) is 5.02 Å². The number of terminal acetylenes is 1. The molecule has 0 bridgehead atoms. The van der Waals surface area contributed by atoms with Crippen molar-refractivity contribution < 1.29 is 23.9 Å². The number of ether oxygens (including phenoxy) is 2. The van der Waals surface area contributed by atoms with Crippen LogP contribution < -0.4 is 14.8 Å². The molecule has 3 rings (SSSR count). The molecule has 10 heteroatoms. The molecule has 33 heavy (non-hydrogen) atoms. The number of nitrogens with one attached hydrogen (secondary N) is 1. The Morgan fingerprint density at radius 3 is 2.76 bits per heavy atom. The van der Waals surface area contributed by atoms with Crippen molar-refractivity contribution in [1.82, 2.24) is 4.90 Å². The Kier molecular flexibility index (Phi) is 8.44. The van der Waals surface area contributed by atoms with E-state index in [2.05, 4.69) is 27.2 Å². The molecule has 0 radical (unpaired) electrons. The molecular formula is C23H18BrClN2O5S. The molecule has 2 aromatic carbocycles. The summed E-state index contributed by atoms with van der Waals surface area (Å²) in [5.74, 6) is 2.16. The maximum absolute atomic E-state index is 12.8. The molecule has 1 aliphatic heterocycles. The highest BCUT2D eigenvalue weighted by Gasteiger charge is 2.36. The van der Waals surface area contributed by atoms with E-state index < -0.39 is 23.6 Å². The Bertz CT molecular complexity index is 1180. The van der Waals surface area contributed by atoms with Gasteiger partial charge in [-0.25, -0.2) is 0 Å². The van der Waals surface area contributed by atoms with Gasteiger partial charge in [-0.1, -0.05) is 29.7 Å². The van der Waals surface area contributed by atoms with Crippen molar-refractivity contribution in [3.8, 4) is 23.8 Å². The van der Waals surface area contributed by atoms with Crippen molar-refractivity contribution in [1.29, 1.82) is 0 Å². The van der Waals surface area contributed by atoms with Crippen molar-refractivity contribution in [2.45, 2.75) is 6.92 Å². The monoisotopic (exact) mass is 548 g/mol. The molecule has 0 spiro atoms. The quantitative estimate of drug-likeness (QED) is 0.360. The minimum Gasteiger partial charge on any atom is -0.490 e. The minimum atomic E-state index is -0.568. The second-order valence-corrected chi connectivity index (χ2v) is 8.81. The summed E-state index contributed by atoms with van der Waals surface area (Å²) in [4.78, 5) is 38.6. The van der Waals surface area contributed by atoms with Crippen LogP contribution in [0.15, 0.2) is 45.8 Å². The van der Waals surface area contributed by atoms with Gasteiger partial charge in [0, 0.05) is 0 Å². The third-order valence-electron chi connectivity index (χ3n) is 4.25. The Labute approximate surface area is 208 Å². The Hall–Kier alpha value is -2.93. The van der Waals surface area contributed by atoms with E-state index in [4.69, 9.17) is 27.5 Å². The predicted octanol–water partition coefficient (Wildman–Crippen LogP) is 5.19. The van der Waals surface area contributed by atoms with Crippen LogP contribution in [-0.2, 0) is 9.59 Å². The zero-order chi connectivity index (χ0) is 24.0. The highest BCUT2D eigenvalue weighted by molar-refractivity contribution is 9.10. The molecule has 170 valence electrons. The summed E-state index contributed by atoms with van der Waals surface area (Å²) in [6.07, 6.45) is 6.81. The smallest absolute Gasteiger partial charge is 0.294 e. The van der Waals surface area contributed by atoms with Gasteiger partial charge < -0.3 is 14.8 Å². The highest BCUT2D eigenvalue weighted by atomic mass is 79.9. The van der Waals surface area contributed by atoms with Crippen LogP contribution in [0.5, 0.6) is 11.5 Å². The van der Waals surface area contributed by atoms with Crippen LogP contribution in [0.1, 0.15) is 12.5 Å². The summed E-state index contributed by atoms with van der Waals surface area (Å²) in [6.45, 7) is 1.84. The molecule has 2 aromatic rings. The van der Waals surface area contributed by atoms with Crippen LogP contribution in [0.25, 0.3) is 6.08 Å². The third-order valence-corrected chi connectivity index (χ3v) is 6.08. The molecule has 0 unspecified atom stereocenters. The van der Waals surface area contributed by atoms with Crippen LogP contribution in [0, 0.1) is 12.3 Å². The van der Waals surface area contributed by atoms with E-state index >= 15 is 0 Å². The predicted molar refractivity (Wildman–Crippen MR) is 132 cm³/mol. The molecule has 7 nitrogen and oxygen atoms in total. The lowest BCUT2D eigenvalue weighted by Gasteiger charge is -2.14. The van der Waals surface area contributed by atoms with Gasteiger partial charge in [0.15, 0.2) is 11.5 Å². The summed E-state index contributed by atoms with van der Waals surface area (Å²) in [5, 5.41) is 2.41. The van der Waals surface area contributed by atoms with E-state index in [-0.39, 0.29) is 11.5 Å². The van der Waals surface area contributed by atoms with Crippen LogP contribution >= 0.6 is 39.3 Å². The normalized spacial score (nSPS) is 14.4. The number of imide groups is 1. The van der Waals surface area contributed by atoms with E-state index in [1.165, 1.54) is 0 Å². The molecule has 1 N–H and O–H groups in total.